The summed E-state index contributed by atoms with van der Waals surface area (Å²) in [6.45, 7) is 26.2. The van der Waals surface area contributed by atoms with Crippen molar-refractivity contribution in [1.29, 1.82) is 0 Å². The molecular weight excluding hydrogens is 240 g/mol. The Morgan fingerprint density at radius 3 is 1.10 bits per heavy atom. The van der Waals surface area contributed by atoms with Crippen molar-refractivity contribution in [2.75, 3.05) is 0 Å². The first-order valence-electron chi connectivity index (χ1n) is 8.52. The smallest absolute Gasteiger partial charge is 0.00297 e. The van der Waals surface area contributed by atoms with Crippen LogP contribution in [0, 0.1) is 41.9 Å². The Balaban J connectivity index is -0.000000118. The lowest BCUT2D eigenvalue weighted by atomic mass is 9.77. The molecule has 0 rings (SSSR count). The second-order valence-corrected chi connectivity index (χ2v) is 6.44. The zero-order chi connectivity index (χ0) is 17.3. The quantitative estimate of drug-likeness (QED) is 0.475. The molecule has 0 aromatic rings. The van der Waals surface area contributed by atoms with Gasteiger partial charge in [-0.2, -0.15) is 0 Å². The van der Waals surface area contributed by atoms with Crippen molar-refractivity contribution in [3.05, 3.63) is 0 Å². The van der Waals surface area contributed by atoms with Gasteiger partial charge in [-0.25, -0.2) is 0 Å². The van der Waals surface area contributed by atoms with E-state index in [1.54, 1.807) is 6.92 Å². The van der Waals surface area contributed by atoms with Gasteiger partial charge in [0.25, 0.3) is 0 Å². The summed E-state index contributed by atoms with van der Waals surface area (Å²) in [5.41, 5.74) is 0. The highest BCUT2D eigenvalue weighted by Crippen LogP contribution is 2.29. The molecule has 124 valence electrons. The van der Waals surface area contributed by atoms with E-state index < -0.39 is 0 Å². The number of hydrogen-bond acceptors (Lipinski definition) is 0. The second-order valence-electron chi connectivity index (χ2n) is 6.44. The first-order valence-corrected chi connectivity index (χ1v) is 8.52. The molecule has 0 saturated heterocycles. The first kappa shape index (κ1) is 27.8. The van der Waals surface area contributed by atoms with Crippen molar-refractivity contribution in [2.24, 2.45) is 29.6 Å². The van der Waals surface area contributed by atoms with Gasteiger partial charge in [0.05, 0.1) is 0 Å². The lowest BCUT2D eigenvalue weighted by Crippen LogP contribution is -2.21. The van der Waals surface area contributed by atoms with Crippen LogP contribution in [0.5, 0.6) is 0 Å². The van der Waals surface area contributed by atoms with Crippen LogP contribution in [0.3, 0.4) is 0 Å². The highest BCUT2D eigenvalue weighted by molar-refractivity contribution is 4.73. The summed E-state index contributed by atoms with van der Waals surface area (Å²) >= 11 is 0. The molecular formula is C20H44. The Labute approximate surface area is 132 Å². The van der Waals surface area contributed by atoms with Crippen LogP contribution >= 0.6 is 0 Å². The van der Waals surface area contributed by atoms with Crippen molar-refractivity contribution in [1.82, 2.24) is 0 Å². The average molecular weight is 285 g/mol. The van der Waals surface area contributed by atoms with E-state index >= 15 is 0 Å². The minimum atomic E-state index is 0.833. The Kier molecular flexibility index (Phi) is 29.0. The molecule has 0 aromatic carbocycles. The molecule has 0 aliphatic heterocycles. The van der Waals surface area contributed by atoms with E-state index in [4.69, 9.17) is 0 Å². The predicted octanol–water partition coefficient (Wildman–Crippen LogP) is 7.29. The molecule has 0 amide bonds. The molecule has 0 heteroatoms. The summed E-state index contributed by atoms with van der Waals surface area (Å²) in [6, 6.07) is 0. The third-order valence-electron chi connectivity index (χ3n) is 3.05. The molecule has 0 aliphatic rings. The molecule has 0 heterocycles. The van der Waals surface area contributed by atoms with Gasteiger partial charge in [-0.1, -0.05) is 82.6 Å². The normalized spacial score (nSPS) is 12.1. The van der Waals surface area contributed by atoms with E-state index in [0.717, 1.165) is 29.6 Å². The molecule has 0 spiro atoms. The lowest BCUT2D eigenvalue weighted by molar-refractivity contribution is 0.208. The van der Waals surface area contributed by atoms with Crippen molar-refractivity contribution in [2.45, 2.75) is 89.5 Å². The summed E-state index contributed by atoms with van der Waals surface area (Å²) in [4.78, 5) is 0. The van der Waals surface area contributed by atoms with Gasteiger partial charge in [-0.3, -0.25) is 0 Å². The van der Waals surface area contributed by atoms with Crippen LogP contribution in [-0.4, -0.2) is 0 Å². The third-order valence-corrected chi connectivity index (χ3v) is 3.05. The van der Waals surface area contributed by atoms with Crippen LogP contribution in [0.15, 0.2) is 0 Å². The summed E-state index contributed by atoms with van der Waals surface area (Å²) in [5, 5.41) is 0. The lowest BCUT2D eigenvalue weighted by Gasteiger charge is -2.29. The van der Waals surface area contributed by atoms with E-state index in [1.807, 2.05) is 13.8 Å². The molecule has 2 unspecified atom stereocenters. The van der Waals surface area contributed by atoms with Crippen LogP contribution in [-0.2, 0) is 0 Å². The van der Waals surface area contributed by atoms with E-state index in [0.29, 0.717) is 0 Å². The highest BCUT2D eigenvalue weighted by Gasteiger charge is 2.20. The van der Waals surface area contributed by atoms with E-state index in [1.165, 1.54) is 6.42 Å². The van der Waals surface area contributed by atoms with Gasteiger partial charge in [0.15, 0.2) is 0 Å². The fraction of sp³-hybridized carbons (Fsp3) is 0.900. The standard InChI is InChI=1S/C11H24.C4H10.C3H4.C2H6/c1-7-11(9(4)5)10(6)8(2)3;1-4(2)3;1-3-2;1-2/h8-11H,7H2,1-6H3;4H,1-3H3;1H,2H3;1-2H3. The van der Waals surface area contributed by atoms with Crippen LogP contribution in [0.2, 0.25) is 0 Å². The van der Waals surface area contributed by atoms with Gasteiger partial charge < -0.3 is 0 Å². The maximum atomic E-state index is 4.60. The zero-order valence-electron chi connectivity index (χ0n) is 16.7. The number of terminal acetylenes is 1. The maximum absolute atomic E-state index is 4.60. The summed E-state index contributed by atoms with van der Waals surface area (Å²) in [7, 11) is 0. The van der Waals surface area contributed by atoms with E-state index in [9.17, 15) is 0 Å². The van der Waals surface area contributed by atoms with Crippen LogP contribution < -0.4 is 0 Å². The first-order chi connectivity index (χ1) is 9.15. The van der Waals surface area contributed by atoms with E-state index in [2.05, 4.69) is 74.7 Å². The van der Waals surface area contributed by atoms with Gasteiger partial charge in [0, 0.05) is 0 Å². The van der Waals surface area contributed by atoms with Crippen LogP contribution in [0.25, 0.3) is 0 Å². The molecule has 0 bridgehead atoms. The SMILES string of the molecule is C#CC.CC.CC(C)C.CCC(C(C)C)C(C)C(C)C. The zero-order valence-corrected chi connectivity index (χ0v) is 16.7. The Bertz CT molecular complexity index is 178. The fourth-order valence-corrected chi connectivity index (χ4v) is 1.94. The third kappa shape index (κ3) is 26.2. The van der Waals surface area contributed by atoms with Crippen molar-refractivity contribution in [3.63, 3.8) is 0 Å². The van der Waals surface area contributed by atoms with Crippen molar-refractivity contribution < 1.29 is 0 Å². The van der Waals surface area contributed by atoms with Crippen LogP contribution in [0.1, 0.15) is 89.5 Å². The monoisotopic (exact) mass is 284 g/mol. The summed E-state index contributed by atoms with van der Waals surface area (Å²) < 4.78 is 0. The molecule has 0 saturated carbocycles. The van der Waals surface area contributed by atoms with Crippen molar-refractivity contribution >= 4 is 0 Å². The van der Waals surface area contributed by atoms with Gasteiger partial charge in [-0.05, 0) is 36.5 Å². The van der Waals surface area contributed by atoms with Crippen molar-refractivity contribution in [3.8, 4) is 12.3 Å². The molecule has 0 radical (unpaired) electrons. The van der Waals surface area contributed by atoms with Gasteiger partial charge in [0.1, 0.15) is 0 Å². The Morgan fingerprint density at radius 2 is 1.05 bits per heavy atom. The average Bonchev–Trinajstić information content (AvgIpc) is 2.32. The molecule has 0 aromatic heterocycles. The highest BCUT2D eigenvalue weighted by atomic mass is 14.3. The molecule has 0 N–H and O–H groups in total. The minimum absolute atomic E-state index is 0.833. The number of hydrogen-bond donors (Lipinski definition) is 0. The predicted molar refractivity (Wildman–Crippen MR) is 99.0 cm³/mol. The topological polar surface area (TPSA) is 0 Å². The fourth-order valence-electron chi connectivity index (χ4n) is 1.94. The Hall–Kier alpha value is -0.440. The summed E-state index contributed by atoms with van der Waals surface area (Å²) in [5.74, 6) is 6.55. The van der Waals surface area contributed by atoms with Crippen LogP contribution in [0.4, 0.5) is 0 Å². The van der Waals surface area contributed by atoms with Gasteiger partial charge >= 0.3 is 0 Å². The molecule has 0 nitrogen and oxygen atoms in total. The second kappa shape index (κ2) is 20.9. The Morgan fingerprint density at radius 1 is 0.800 bits per heavy atom. The molecule has 0 fully saturated rings. The molecule has 2 atom stereocenters. The minimum Gasteiger partial charge on any atom is -0.120 e. The summed E-state index contributed by atoms with van der Waals surface area (Å²) in [6.07, 6.45) is 5.93. The molecule has 20 heavy (non-hydrogen) atoms. The number of rotatable bonds is 4. The maximum Gasteiger partial charge on any atom is -0.00297 e. The largest absolute Gasteiger partial charge is 0.120 e. The molecule has 0 aliphatic carbocycles. The van der Waals surface area contributed by atoms with E-state index in [-0.39, 0.29) is 0 Å². The van der Waals surface area contributed by atoms with Gasteiger partial charge in [-0.15, -0.1) is 12.3 Å². The van der Waals surface area contributed by atoms with Gasteiger partial charge in [0.2, 0.25) is 0 Å².